The van der Waals surface area contributed by atoms with E-state index in [0.717, 1.165) is 101 Å². The monoisotopic (exact) mass is 838 g/mol. The van der Waals surface area contributed by atoms with Gasteiger partial charge in [-0.1, -0.05) is 6.07 Å². The zero-order chi connectivity index (χ0) is 42.0. The second-order valence-corrected chi connectivity index (χ2v) is 16.7. The van der Waals surface area contributed by atoms with Gasteiger partial charge in [0, 0.05) is 48.8 Å². The number of halogens is 1. The Bertz CT molecular complexity index is 2320. The number of hydrogen-bond donors (Lipinski definition) is 4. The summed E-state index contributed by atoms with van der Waals surface area (Å²) in [6.07, 6.45) is 12.8. The molecule has 4 aliphatic rings. The second kappa shape index (κ2) is 20.4. The minimum atomic E-state index is -0.416. The van der Waals surface area contributed by atoms with Gasteiger partial charge in [0.05, 0.1) is 64.1 Å². The molecule has 3 atom stereocenters. The molecule has 318 valence electrons. The summed E-state index contributed by atoms with van der Waals surface area (Å²) in [5, 5.41) is 6.65. The fourth-order valence-electron chi connectivity index (χ4n) is 8.14. The fourth-order valence-corrected chi connectivity index (χ4v) is 9.04. The van der Waals surface area contributed by atoms with Crippen molar-refractivity contribution in [3.63, 3.8) is 0 Å². The molecule has 13 nitrogen and oxygen atoms in total. The maximum Gasteiger partial charge on any atom is 0.212 e. The van der Waals surface area contributed by atoms with Crippen LogP contribution in [0.15, 0.2) is 60.9 Å². The van der Waals surface area contributed by atoms with Gasteiger partial charge < -0.3 is 39.6 Å². The van der Waals surface area contributed by atoms with Crippen LogP contribution in [0.5, 0.6) is 5.75 Å². The third-order valence-corrected chi connectivity index (χ3v) is 12.1. The van der Waals surface area contributed by atoms with E-state index in [1.165, 1.54) is 30.6 Å². The lowest BCUT2D eigenvalue weighted by atomic mass is 10.0. The van der Waals surface area contributed by atoms with Crippen LogP contribution in [0.25, 0.3) is 44.7 Å². The molecule has 4 aliphatic heterocycles. The maximum absolute atomic E-state index is 16.2. The van der Waals surface area contributed by atoms with E-state index in [1.54, 1.807) is 37.8 Å². The number of hydrogen-bond acceptors (Lipinski definition) is 10. The molecule has 0 bridgehead atoms. The first-order valence-electron chi connectivity index (χ1n) is 20.7. The first-order valence-corrected chi connectivity index (χ1v) is 21.5. The van der Waals surface area contributed by atoms with Gasteiger partial charge >= 0.3 is 0 Å². The Hall–Kier alpha value is -5.19. The van der Waals surface area contributed by atoms with Gasteiger partial charge in [-0.2, -0.15) is 0 Å². The third kappa shape index (κ3) is 9.71. The molecule has 3 saturated heterocycles. The number of carbonyl (C=O) groups excluding carboxylic acids is 2. The Morgan fingerprint density at radius 1 is 0.933 bits per heavy atom. The molecule has 1 amide bonds. The van der Waals surface area contributed by atoms with Crippen molar-refractivity contribution in [2.75, 3.05) is 54.1 Å². The number of aromatic nitrogens is 5. The van der Waals surface area contributed by atoms with E-state index in [-0.39, 0.29) is 18.4 Å². The van der Waals surface area contributed by atoms with Crippen molar-refractivity contribution in [1.29, 1.82) is 0 Å². The number of amides is 1. The molecule has 0 radical (unpaired) electrons. The molecule has 0 spiro atoms. The predicted octanol–water partition coefficient (Wildman–Crippen LogP) is 8.11. The van der Waals surface area contributed by atoms with Crippen LogP contribution in [0.1, 0.15) is 84.7 Å². The van der Waals surface area contributed by atoms with Crippen molar-refractivity contribution in [1.82, 2.24) is 40.0 Å². The molecule has 2 aromatic carbocycles. The summed E-state index contributed by atoms with van der Waals surface area (Å²) in [5.74, 6) is 2.12. The van der Waals surface area contributed by atoms with E-state index in [2.05, 4.69) is 90.2 Å². The molecule has 0 saturated carbocycles. The molecule has 4 aromatic heterocycles. The number of ether oxygens (including phenoxy) is 3. The van der Waals surface area contributed by atoms with Gasteiger partial charge in [-0.3, -0.25) is 14.3 Å². The number of aryl methyl sites for hydroxylation is 1. The highest BCUT2D eigenvalue weighted by Gasteiger charge is 2.33. The van der Waals surface area contributed by atoms with Crippen LogP contribution in [0.4, 0.5) is 4.39 Å². The zero-order valence-corrected chi connectivity index (χ0v) is 35.6. The third-order valence-electron chi connectivity index (χ3n) is 11.0. The molecule has 60 heavy (non-hydrogen) atoms. The van der Waals surface area contributed by atoms with Gasteiger partial charge in [0.15, 0.2) is 0 Å². The van der Waals surface area contributed by atoms with Crippen molar-refractivity contribution in [2.45, 2.75) is 70.2 Å². The molecule has 0 aliphatic carbocycles. The number of imidazole rings is 2. The van der Waals surface area contributed by atoms with E-state index in [0.29, 0.717) is 30.1 Å². The average Bonchev–Trinajstić information content (AvgIpc) is 4.13. The van der Waals surface area contributed by atoms with Crippen LogP contribution in [-0.4, -0.2) is 96.2 Å². The van der Waals surface area contributed by atoms with Crippen LogP contribution < -0.4 is 15.4 Å². The van der Waals surface area contributed by atoms with Crippen molar-refractivity contribution < 1.29 is 28.2 Å². The fraction of sp³-hybridized carbons (Fsp3) is 0.422. The number of carbonyl (C=O) groups is 2. The molecular weight excluding hydrogens is 784 g/mol. The molecule has 8 heterocycles. The van der Waals surface area contributed by atoms with E-state index in [9.17, 15) is 9.59 Å². The van der Waals surface area contributed by atoms with E-state index in [1.807, 2.05) is 12.3 Å². The summed E-state index contributed by atoms with van der Waals surface area (Å²) in [6, 6.07) is 16.8. The van der Waals surface area contributed by atoms with Crippen molar-refractivity contribution in [3.8, 4) is 39.5 Å². The SMILES string of the molecule is C1CCOCC1.COC.Cc1ccc(C2Oc3cc(-c4cnc(C5CCCN5)[nH]4)cc(F)c3-c3cc4cc(-c5cnc(C6CCCN6C)[nH]5)ccc4n32)s1.O=CCNC=O. The van der Waals surface area contributed by atoms with Crippen molar-refractivity contribution >= 4 is 34.9 Å². The summed E-state index contributed by atoms with van der Waals surface area (Å²) in [5.41, 5.74) is 5.83. The minimum Gasteiger partial charge on any atom is -0.464 e. The number of rotatable bonds is 8. The summed E-state index contributed by atoms with van der Waals surface area (Å²) in [4.78, 5) is 39.6. The van der Waals surface area contributed by atoms with Gasteiger partial charge in [-0.05, 0) is 114 Å². The summed E-state index contributed by atoms with van der Waals surface area (Å²) >= 11 is 1.70. The molecule has 15 heteroatoms. The molecule has 3 unspecified atom stereocenters. The number of fused-ring (bicyclic) bond motifs is 5. The Balaban J connectivity index is 0.000000311. The van der Waals surface area contributed by atoms with E-state index in [4.69, 9.17) is 14.5 Å². The van der Waals surface area contributed by atoms with Crippen molar-refractivity contribution in [2.24, 2.45) is 0 Å². The van der Waals surface area contributed by atoms with Gasteiger partial charge in [0.25, 0.3) is 0 Å². The molecule has 4 N–H and O–H groups in total. The number of methoxy groups -OCH3 is 1. The number of aromatic amines is 2. The highest BCUT2D eigenvalue weighted by molar-refractivity contribution is 7.12. The highest BCUT2D eigenvalue weighted by Crippen LogP contribution is 2.48. The number of nitrogens with one attached hydrogen (secondary N) is 4. The Morgan fingerprint density at radius 2 is 1.70 bits per heavy atom. The number of nitrogens with zero attached hydrogens (tertiary/aromatic N) is 4. The van der Waals surface area contributed by atoms with Crippen LogP contribution in [0.3, 0.4) is 0 Å². The summed E-state index contributed by atoms with van der Waals surface area (Å²) in [7, 11) is 5.41. The molecular formula is C45H55FN8O5S. The highest BCUT2D eigenvalue weighted by atomic mass is 32.1. The first kappa shape index (κ1) is 42.9. The van der Waals surface area contributed by atoms with Crippen LogP contribution in [0, 0.1) is 12.7 Å². The summed E-state index contributed by atoms with van der Waals surface area (Å²) in [6.45, 7) is 6.29. The number of likely N-dealkylation sites (tertiary alicyclic amines) is 1. The predicted molar refractivity (Wildman–Crippen MR) is 233 cm³/mol. The van der Waals surface area contributed by atoms with E-state index >= 15 is 4.39 Å². The van der Waals surface area contributed by atoms with Gasteiger partial charge in [0.1, 0.15) is 29.5 Å². The largest absolute Gasteiger partial charge is 0.464 e. The van der Waals surface area contributed by atoms with Gasteiger partial charge in [0.2, 0.25) is 12.6 Å². The lowest BCUT2D eigenvalue weighted by molar-refractivity contribution is -0.113. The number of benzene rings is 2. The zero-order valence-electron chi connectivity index (χ0n) is 34.8. The molecule has 10 rings (SSSR count). The molecule has 3 fully saturated rings. The maximum atomic E-state index is 16.2. The van der Waals surface area contributed by atoms with Gasteiger partial charge in [-0.15, -0.1) is 11.3 Å². The Morgan fingerprint density at radius 3 is 2.32 bits per heavy atom. The van der Waals surface area contributed by atoms with Crippen LogP contribution in [0.2, 0.25) is 0 Å². The van der Waals surface area contributed by atoms with Crippen molar-refractivity contribution in [3.05, 3.63) is 88.1 Å². The first-order chi connectivity index (χ1) is 29.3. The minimum absolute atomic E-state index is 0.115. The van der Waals surface area contributed by atoms with Crippen LogP contribution >= 0.6 is 11.3 Å². The quantitative estimate of drug-likeness (QED) is 0.0881. The van der Waals surface area contributed by atoms with Gasteiger partial charge in [-0.25, -0.2) is 14.4 Å². The average molecular weight is 839 g/mol. The smallest absolute Gasteiger partial charge is 0.212 e. The number of H-pyrrole nitrogens is 2. The molecule has 6 aromatic rings. The Labute approximate surface area is 354 Å². The Kier molecular flexibility index (Phi) is 14.6. The topological polar surface area (TPSA) is 151 Å². The van der Waals surface area contributed by atoms with E-state index < -0.39 is 6.23 Å². The number of thiophene rings is 1. The number of aldehydes is 1. The second-order valence-electron chi connectivity index (χ2n) is 15.3. The normalized spacial score (nSPS) is 19.4. The lowest BCUT2D eigenvalue weighted by Crippen LogP contribution is -2.22. The summed E-state index contributed by atoms with van der Waals surface area (Å²) < 4.78 is 34.4. The lowest BCUT2D eigenvalue weighted by Gasteiger charge is -2.30. The standard InChI is InChI=1S/C35H34FN7OS.C5H10O.C3H5NO2.C2H6O/c1-19-7-10-31(45-19)35-43-27-9-8-20(25-17-39-34(41-25)28-6-4-12-42(28)2)13-22(27)15-29(43)32-23(36)14-21(16-30(32)44-35)26-18-38-33(40-26)24-5-3-11-37-24;1-2-4-6-5-3-1;5-2-1-4-3-6;1-3-2/h7-10,13-18,24,28,35,37H,3-6,11-12H2,1-2H3,(H,38,40)(H,39,41);1-5H2;2-3H,1H2,(H,4,6);1-2H3. The van der Waals surface area contributed by atoms with Crippen LogP contribution in [-0.2, 0) is 19.1 Å².